The molecule has 1 saturated heterocycles. The second-order valence-electron chi connectivity index (χ2n) is 21.2. The first kappa shape index (κ1) is 62.5. The monoisotopic (exact) mass is 1170 g/mol. The van der Waals surface area contributed by atoms with E-state index in [1.807, 2.05) is 88.4 Å². The third kappa shape index (κ3) is 17.9. The first-order valence-corrected chi connectivity index (χ1v) is 33.9. The van der Waals surface area contributed by atoms with Crippen molar-refractivity contribution in [2.75, 3.05) is 78.5 Å². The lowest BCUT2D eigenvalue weighted by atomic mass is 10.2. The van der Waals surface area contributed by atoms with Gasteiger partial charge < -0.3 is 0 Å². The second kappa shape index (κ2) is 29.7. The van der Waals surface area contributed by atoms with Crippen molar-refractivity contribution in [2.24, 2.45) is 0 Å². The van der Waals surface area contributed by atoms with E-state index in [-0.39, 0.29) is 71.9 Å². The topological polar surface area (TPSA) is 156 Å². The van der Waals surface area contributed by atoms with Crippen LogP contribution in [0.3, 0.4) is 0 Å². The Bertz CT molecular complexity index is 2890. The average Bonchev–Trinajstić information content (AvgIpc) is 3.48. The van der Waals surface area contributed by atoms with Gasteiger partial charge >= 0.3 is 0 Å². The summed E-state index contributed by atoms with van der Waals surface area (Å²) < 4.78 is 122. The van der Waals surface area contributed by atoms with Crippen LogP contribution < -0.4 is 0 Å². The predicted molar refractivity (Wildman–Crippen MR) is 320 cm³/mol. The zero-order valence-corrected chi connectivity index (χ0v) is 50.4. The Kier molecular flexibility index (Phi) is 23.2. The lowest BCUT2D eigenvalue weighted by Crippen LogP contribution is -2.38. The van der Waals surface area contributed by atoms with Gasteiger partial charge in [0.2, 0.25) is 40.1 Å². The summed E-state index contributed by atoms with van der Waals surface area (Å²) in [7, 11) is -15.8. The molecule has 80 heavy (non-hydrogen) atoms. The Morgan fingerprint density at radius 3 is 0.675 bits per heavy atom. The number of aryl methyl sites for hydroxylation is 4. The zero-order chi connectivity index (χ0) is 57.2. The van der Waals surface area contributed by atoms with E-state index in [1.165, 1.54) is 17.2 Å². The van der Waals surface area contributed by atoms with Gasteiger partial charge in [0.05, 0.1) is 19.6 Å². The van der Waals surface area contributed by atoms with Crippen molar-refractivity contribution in [3.05, 3.63) is 191 Å². The van der Waals surface area contributed by atoms with Crippen LogP contribution >= 0.6 is 0 Å². The smallest absolute Gasteiger partial charge is 0.243 e. The lowest BCUT2D eigenvalue weighted by Gasteiger charge is -2.29. The first-order chi connectivity index (χ1) is 38.3. The van der Waals surface area contributed by atoms with Gasteiger partial charge in [-0.2, -0.15) is 17.2 Å². The Balaban J connectivity index is 1.20. The zero-order valence-electron chi connectivity index (χ0n) is 47.1. The molecule has 0 spiro atoms. The minimum Gasteiger partial charge on any atom is -0.299 e. The fourth-order valence-electron chi connectivity index (χ4n) is 10.1. The van der Waals surface area contributed by atoms with Crippen molar-refractivity contribution < 1.29 is 33.7 Å². The van der Waals surface area contributed by atoms with Crippen molar-refractivity contribution in [2.45, 2.75) is 112 Å². The maximum Gasteiger partial charge on any atom is 0.243 e. The van der Waals surface area contributed by atoms with Crippen LogP contribution in [0.5, 0.6) is 0 Å². The molecule has 0 N–H and O–H groups in total. The molecular formula is C62H82N6O8S4. The Morgan fingerprint density at radius 2 is 0.463 bits per heavy atom. The van der Waals surface area contributed by atoms with Gasteiger partial charge in [-0.15, -0.1) is 0 Å². The third-order valence-corrected chi connectivity index (χ3v) is 22.4. The molecule has 14 nitrogen and oxygen atoms in total. The normalized spacial score (nSPS) is 17.9. The van der Waals surface area contributed by atoms with Gasteiger partial charge in [-0.3, -0.25) is 9.80 Å². The molecule has 432 valence electrons. The van der Waals surface area contributed by atoms with E-state index in [4.69, 9.17) is 0 Å². The Hall–Kier alpha value is -5.12. The molecule has 0 unspecified atom stereocenters. The van der Waals surface area contributed by atoms with Gasteiger partial charge in [0.25, 0.3) is 0 Å². The summed E-state index contributed by atoms with van der Waals surface area (Å²) in [5.74, 6) is 0. The summed E-state index contributed by atoms with van der Waals surface area (Å²) in [5.41, 5.74) is 5.90. The van der Waals surface area contributed by atoms with Crippen LogP contribution in [0.15, 0.2) is 177 Å². The Morgan fingerprint density at radius 1 is 0.263 bits per heavy atom. The minimum absolute atomic E-state index is 0.181. The van der Waals surface area contributed by atoms with Crippen LogP contribution in [0.2, 0.25) is 0 Å². The lowest BCUT2D eigenvalue weighted by molar-refractivity contribution is 0.234. The molecule has 1 heterocycles. The van der Waals surface area contributed by atoms with E-state index in [0.717, 1.165) is 33.4 Å². The van der Waals surface area contributed by atoms with Gasteiger partial charge in [0, 0.05) is 65.4 Å². The molecule has 0 atom stereocenters. The average molecular weight is 1170 g/mol. The van der Waals surface area contributed by atoms with Gasteiger partial charge in [0.15, 0.2) is 0 Å². The van der Waals surface area contributed by atoms with E-state index in [0.29, 0.717) is 90.6 Å². The molecule has 0 aliphatic carbocycles. The summed E-state index contributed by atoms with van der Waals surface area (Å²) >= 11 is 0. The molecule has 0 radical (unpaired) electrons. The van der Waals surface area contributed by atoms with E-state index < -0.39 is 40.1 Å². The van der Waals surface area contributed by atoms with Crippen LogP contribution in [-0.2, 0) is 53.2 Å². The molecule has 6 aromatic carbocycles. The van der Waals surface area contributed by atoms with Crippen LogP contribution in [0.4, 0.5) is 0 Å². The van der Waals surface area contributed by atoms with Crippen molar-refractivity contribution in [1.29, 1.82) is 0 Å². The highest BCUT2D eigenvalue weighted by Crippen LogP contribution is 2.24. The fraction of sp³-hybridized carbons (Fsp3) is 0.419. The van der Waals surface area contributed by atoms with E-state index >= 15 is 0 Å². The number of hydrogen-bond acceptors (Lipinski definition) is 10. The summed E-state index contributed by atoms with van der Waals surface area (Å²) in [6.45, 7) is 12.5. The van der Waals surface area contributed by atoms with Crippen molar-refractivity contribution in [3.63, 3.8) is 0 Å². The highest BCUT2D eigenvalue weighted by atomic mass is 32.2. The van der Waals surface area contributed by atoms with Gasteiger partial charge in [-0.25, -0.2) is 33.7 Å². The van der Waals surface area contributed by atoms with Gasteiger partial charge in [0.1, 0.15) is 0 Å². The fourth-order valence-corrected chi connectivity index (χ4v) is 16.2. The maximum atomic E-state index is 14.5. The molecule has 0 amide bonds. The molecule has 18 heteroatoms. The summed E-state index contributed by atoms with van der Waals surface area (Å²) in [4.78, 5) is 5.28. The van der Waals surface area contributed by atoms with Gasteiger partial charge in [-0.05, 0) is 165 Å². The number of rotatable bonds is 12. The molecule has 6 aromatic rings. The highest BCUT2D eigenvalue weighted by molar-refractivity contribution is 7.90. The van der Waals surface area contributed by atoms with E-state index in [2.05, 4.69) is 9.80 Å². The summed E-state index contributed by atoms with van der Waals surface area (Å²) in [6.07, 6.45) is 3.57. The van der Waals surface area contributed by atoms with E-state index in [1.54, 1.807) is 97.1 Å². The molecule has 0 bridgehead atoms. The molecular weight excluding hydrogens is 1080 g/mol. The standard InChI is InChI=1S/C62H82N6O8S4/c1-53-23-31-59(32-24-53)77(69,70)65-43-11-12-44-66(78(71,72)60-33-25-54(2)26-34-60)48-17-41-64(52-58-21-9-6-10-22-58)42-18-50-68(80(75,76)62-37-29-56(4)30-38-62)46-14-13-45-67(79(73,74)61-35-27-55(3)28-36-61)49-16-40-63(39-15-47-65)51-57-19-7-5-8-20-57/h5-10,19-38H,11-18,39-52H2,1-4H3. The van der Waals surface area contributed by atoms with Crippen LogP contribution in [0, 0.1) is 27.7 Å². The highest BCUT2D eigenvalue weighted by Gasteiger charge is 2.30. The predicted octanol–water partition coefficient (Wildman–Crippen LogP) is 10.1. The molecule has 0 saturated carbocycles. The first-order valence-electron chi connectivity index (χ1n) is 28.1. The van der Waals surface area contributed by atoms with Crippen LogP contribution in [0.1, 0.15) is 84.7 Å². The second-order valence-corrected chi connectivity index (χ2v) is 29.0. The Labute approximate surface area is 479 Å². The van der Waals surface area contributed by atoms with Gasteiger partial charge in [-0.1, -0.05) is 131 Å². The third-order valence-electron chi connectivity index (χ3n) is 14.8. The SMILES string of the molecule is Cc1ccc(S(=O)(=O)N2CCCCN(S(=O)(=O)c3ccc(C)cc3)CCCN(Cc3ccccc3)CCCN(S(=O)(=O)c3ccc(C)cc3)CCCCN(S(=O)(=O)c3ccc(C)cc3)CCCN(Cc3ccccc3)CCC2)cc1. The van der Waals surface area contributed by atoms with Crippen LogP contribution in [0.25, 0.3) is 0 Å². The van der Waals surface area contributed by atoms with Crippen molar-refractivity contribution in [3.8, 4) is 0 Å². The largest absolute Gasteiger partial charge is 0.299 e. The number of sulfonamides is 4. The van der Waals surface area contributed by atoms with Crippen molar-refractivity contribution >= 4 is 40.1 Å². The maximum absolute atomic E-state index is 14.5. The van der Waals surface area contributed by atoms with Crippen LogP contribution in [-0.4, -0.2) is 139 Å². The summed E-state index contributed by atoms with van der Waals surface area (Å²) in [6, 6.07) is 47.5. The number of hydrogen-bond donors (Lipinski definition) is 0. The summed E-state index contributed by atoms with van der Waals surface area (Å²) in [5, 5.41) is 0. The molecule has 0 aromatic heterocycles. The van der Waals surface area contributed by atoms with E-state index in [9.17, 15) is 33.7 Å². The number of benzene rings is 6. The van der Waals surface area contributed by atoms with Crippen molar-refractivity contribution in [1.82, 2.24) is 27.0 Å². The minimum atomic E-state index is -3.95. The molecule has 1 fully saturated rings. The molecule has 1 aliphatic rings. The molecule has 7 rings (SSSR count). The number of nitrogens with zero attached hydrogens (tertiary/aromatic N) is 6. The quantitative estimate of drug-likeness (QED) is 0.116. The molecule has 1 aliphatic heterocycles.